The highest BCUT2D eigenvalue weighted by molar-refractivity contribution is 6.32. The van der Waals surface area contributed by atoms with Crippen LogP contribution in [0.5, 0.6) is 0 Å². The zero-order valence-corrected chi connectivity index (χ0v) is 25.9. The highest BCUT2D eigenvalue weighted by Crippen LogP contribution is 2.23. The second-order valence-corrected chi connectivity index (χ2v) is 11.2. The highest BCUT2D eigenvalue weighted by atomic mass is 16.6. The molecule has 0 radical (unpaired) electrons. The second kappa shape index (κ2) is 18.4. The van der Waals surface area contributed by atoms with E-state index in [1.807, 2.05) is 13.0 Å². The lowest BCUT2D eigenvalue weighted by Crippen LogP contribution is -2.49. The molecule has 1 aliphatic carbocycles. The Balaban J connectivity index is 1.23. The van der Waals surface area contributed by atoms with Gasteiger partial charge in [-0.15, -0.1) is 0 Å². The lowest BCUT2D eigenvalue weighted by Gasteiger charge is -2.35. The van der Waals surface area contributed by atoms with Gasteiger partial charge in [-0.2, -0.15) is 15.1 Å². The van der Waals surface area contributed by atoms with Gasteiger partial charge >= 0.3 is 6.09 Å². The zero-order chi connectivity index (χ0) is 30.1. The lowest BCUT2D eigenvalue weighted by molar-refractivity contribution is 0.105. The SMILES string of the molecule is CCOC(=O)N1CCN(c2cc(N3CCNCC3)nc(NCC(C=NCCCNCCNC3CCCCC3)=NN)n2)CC1. The summed E-state index contributed by atoms with van der Waals surface area (Å²) in [4.78, 5) is 32.5. The van der Waals surface area contributed by atoms with Crippen molar-refractivity contribution in [3.05, 3.63) is 6.07 Å². The largest absolute Gasteiger partial charge is 0.450 e. The van der Waals surface area contributed by atoms with E-state index in [4.69, 9.17) is 20.5 Å². The number of ether oxygens (including phenoxy) is 1. The summed E-state index contributed by atoms with van der Waals surface area (Å²) in [6, 6.07) is 2.74. The van der Waals surface area contributed by atoms with E-state index in [1.165, 1.54) is 32.1 Å². The molecule has 3 fully saturated rings. The van der Waals surface area contributed by atoms with E-state index in [9.17, 15) is 4.79 Å². The molecule has 240 valence electrons. The number of nitrogens with one attached hydrogen (secondary N) is 4. The predicted octanol–water partition coefficient (Wildman–Crippen LogP) is 0.864. The maximum Gasteiger partial charge on any atom is 0.409 e. The molecule has 1 aromatic rings. The van der Waals surface area contributed by atoms with Gasteiger partial charge in [0.05, 0.1) is 18.9 Å². The number of hydrazone groups is 1. The molecule has 0 spiro atoms. The molecule has 0 aromatic carbocycles. The zero-order valence-electron chi connectivity index (χ0n) is 25.9. The molecule has 3 aliphatic rings. The van der Waals surface area contributed by atoms with Crippen LogP contribution in [0.3, 0.4) is 0 Å². The molecule has 1 amide bonds. The first-order chi connectivity index (χ1) is 21.2. The molecule has 1 aromatic heterocycles. The Morgan fingerprint density at radius 2 is 1.77 bits per heavy atom. The summed E-state index contributed by atoms with van der Waals surface area (Å²) in [5.41, 5.74) is 0.630. The molecule has 0 bridgehead atoms. The van der Waals surface area contributed by atoms with Crippen LogP contribution in [-0.2, 0) is 4.74 Å². The first-order valence-electron chi connectivity index (χ1n) is 16.1. The molecule has 14 heteroatoms. The normalized spacial score (nSPS) is 18.8. The van der Waals surface area contributed by atoms with E-state index in [-0.39, 0.29) is 6.09 Å². The molecule has 1 saturated carbocycles. The Bertz CT molecular complexity index is 1020. The van der Waals surface area contributed by atoms with Crippen LogP contribution in [0.1, 0.15) is 45.4 Å². The number of nitrogens with zero attached hydrogens (tertiary/aromatic N) is 7. The number of rotatable bonds is 15. The third-order valence-corrected chi connectivity index (χ3v) is 8.08. The van der Waals surface area contributed by atoms with Gasteiger partial charge in [-0.05, 0) is 32.7 Å². The fraction of sp³-hybridized carbons (Fsp3) is 0.759. The minimum Gasteiger partial charge on any atom is -0.450 e. The van der Waals surface area contributed by atoms with Gasteiger partial charge in [-0.25, -0.2) is 4.79 Å². The third kappa shape index (κ3) is 11.1. The van der Waals surface area contributed by atoms with Crippen molar-refractivity contribution in [1.82, 2.24) is 30.8 Å². The highest BCUT2D eigenvalue weighted by Gasteiger charge is 2.24. The average molecular weight is 601 g/mol. The Kier molecular flexibility index (Phi) is 14.0. The van der Waals surface area contributed by atoms with Gasteiger partial charge in [-0.1, -0.05) is 19.3 Å². The Labute approximate surface area is 256 Å². The van der Waals surface area contributed by atoms with Crippen molar-refractivity contribution in [2.45, 2.75) is 51.5 Å². The lowest BCUT2D eigenvalue weighted by atomic mass is 9.95. The molecular weight excluding hydrogens is 548 g/mol. The summed E-state index contributed by atoms with van der Waals surface area (Å²) >= 11 is 0. The molecule has 3 heterocycles. The molecule has 6 N–H and O–H groups in total. The van der Waals surface area contributed by atoms with Crippen molar-refractivity contribution in [3.63, 3.8) is 0 Å². The minimum absolute atomic E-state index is 0.262. The van der Waals surface area contributed by atoms with Crippen molar-refractivity contribution in [2.24, 2.45) is 15.9 Å². The van der Waals surface area contributed by atoms with E-state index in [1.54, 1.807) is 11.1 Å². The number of hydrogen-bond acceptors (Lipinski definition) is 13. The maximum atomic E-state index is 12.1. The van der Waals surface area contributed by atoms with E-state index in [2.05, 4.69) is 41.2 Å². The summed E-state index contributed by atoms with van der Waals surface area (Å²) in [6.07, 6.45) is 9.17. The van der Waals surface area contributed by atoms with Crippen LogP contribution in [0.2, 0.25) is 0 Å². The Hall–Kier alpha value is -3.23. The summed E-state index contributed by atoms with van der Waals surface area (Å²) in [6.45, 7) is 12.3. The number of carbonyl (C=O) groups is 1. The second-order valence-electron chi connectivity index (χ2n) is 11.2. The quantitative estimate of drug-likeness (QED) is 0.0841. The number of aromatic nitrogens is 2. The van der Waals surface area contributed by atoms with Gasteiger partial charge in [-0.3, -0.25) is 4.99 Å². The monoisotopic (exact) mass is 600 g/mol. The molecular formula is C29H52N12O2. The molecule has 2 aliphatic heterocycles. The van der Waals surface area contributed by atoms with Gasteiger partial charge in [0.2, 0.25) is 5.95 Å². The summed E-state index contributed by atoms with van der Waals surface area (Å²) in [5.74, 6) is 7.90. The van der Waals surface area contributed by atoms with Crippen molar-refractivity contribution in [1.29, 1.82) is 0 Å². The van der Waals surface area contributed by atoms with Gasteiger partial charge in [0, 0.05) is 90.3 Å². The number of anilines is 3. The first kappa shape index (κ1) is 32.7. The minimum atomic E-state index is -0.262. The van der Waals surface area contributed by atoms with Crippen LogP contribution in [0.15, 0.2) is 16.2 Å². The Morgan fingerprint density at radius 3 is 2.47 bits per heavy atom. The van der Waals surface area contributed by atoms with Crippen LogP contribution in [-0.4, -0.2) is 131 Å². The smallest absolute Gasteiger partial charge is 0.409 e. The summed E-state index contributed by atoms with van der Waals surface area (Å²) < 4.78 is 5.17. The van der Waals surface area contributed by atoms with Crippen molar-refractivity contribution < 1.29 is 9.53 Å². The number of carbonyl (C=O) groups excluding carboxylic acids is 1. The van der Waals surface area contributed by atoms with Crippen LogP contribution >= 0.6 is 0 Å². The molecule has 43 heavy (non-hydrogen) atoms. The van der Waals surface area contributed by atoms with Gasteiger partial charge < -0.3 is 46.5 Å². The van der Waals surface area contributed by atoms with E-state index in [0.29, 0.717) is 63.6 Å². The van der Waals surface area contributed by atoms with Gasteiger partial charge in [0.25, 0.3) is 0 Å². The molecule has 0 unspecified atom stereocenters. The first-order valence-corrected chi connectivity index (χ1v) is 16.1. The standard InChI is InChI=1S/C29H52N12O2/c1-2-43-29(42)41-19-17-40(18-20-41)27-21-26(39-15-13-32-14-16-39)36-28(37-27)35-23-25(38-30)22-33-10-6-9-31-11-12-34-24-7-4-3-5-8-24/h21-22,24,31-32,34H,2-20,23,30H2,1H3,(H,35,36,37). The maximum absolute atomic E-state index is 12.1. The number of piperazine rings is 2. The van der Waals surface area contributed by atoms with Crippen molar-refractivity contribution in [2.75, 3.05) is 107 Å². The molecule has 4 rings (SSSR count). The molecule has 0 atom stereocenters. The third-order valence-electron chi connectivity index (χ3n) is 8.08. The number of amides is 1. The van der Waals surface area contributed by atoms with Crippen LogP contribution in [0.4, 0.5) is 22.4 Å². The van der Waals surface area contributed by atoms with Crippen LogP contribution < -0.4 is 36.9 Å². The number of hydrogen-bond donors (Lipinski definition) is 5. The fourth-order valence-corrected chi connectivity index (χ4v) is 5.61. The van der Waals surface area contributed by atoms with E-state index >= 15 is 0 Å². The van der Waals surface area contributed by atoms with Gasteiger partial charge in [0.1, 0.15) is 11.6 Å². The molecule has 2 saturated heterocycles. The van der Waals surface area contributed by atoms with E-state index < -0.39 is 0 Å². The van der Waals surface area contributed by atoms with Crippen molar-refractivity contribution >= 4 is 35.6 Å². The summed E-state index contributed by atoms with van der Waals surface area (Å²) in [7, 11) is 0. The van der Waals surface area contributed by atoms with Crippen LogP contribution in [0, 0.1) is 0 Å². The topological polar surface area (TPSA) is 161 Å². The molecule has 14 nitrogen and oxygen atoms in total. The van der Waals surface area contributed by atoms with Crippen molar-refractivity contribution in [3.8, 4) is 0 Å². The van der Waals surface area contributed by atoms with Crippen LogP contribution in [0.25, 0.3) is 0 Å². The summed E-state index contributed by atoms with van der Waals surface area (Å²) in [5, 5.41) is 17.8. The average Bonchev–Trinajstić information content (AvgIpc) is 3.06. The van der Waals surface area contributed by atoms with E-state index in [0.717, 1.165) is 63.9 Å². The predicted molar refractivity (Wildman–Crippen MR) is 174 cm³/mol. The number of aliphatic imine (C=N–C) groups is 1. The number of nitrogens with two attached hydrogens (primary N) is 1. The van der Waals surface area contributed by atoms with Gasteiger partial charge in [0.15, 0.2) is 0 Å². The fourth-order valence-electron chi connectivity index (χ4n) is 5.61. The Morgan fingerprint density at radius 1 is 1.05 bits per heavy atom.